The molecule has 3 unspecified atom stereocenters. The predicted octanol–water partition coefficient (Wildman–Crippen LogP) is 8.36. The van der Waals surface area contributed by atoms with E-state index in [0.717, 1.165) is 53.8 Å². The lowest BCUT2D eigenvalue weighted by Crippen LogP contribution is -2.32. The summed E-state index contributed by atoms with van der Waals surface area (Å²) >= 11 is 3.18. The molecule has 2 heterocycles. The minimum atomic E-state index is -0.859. The quantitative estimate of drug-likeness (QED) is 0.293. The fourth-order valence-electron chi connectivity index (χ4n) is 4.33. The average Bonchev–Trinajstić information content (AvgIpc) is 3.37. The van der Waals surface area contributed by atoms with Crippen molar-refractivity contribution in [2.45, 2.75) is 84.2 Å². The fraction of sp³-hybridized carbons (Fsp3) is 0.600. The van der Waals surface area contributed by atoms with Gasteiger partial charge < -0.3 is 10.2 Å². The van der Waals surface area contributed by atoms with Crippen LogP contribution in [0.3, 0.4) is 0 Å². The first-order chi connectivity index (χ1) is 14.0. The van der Waals surface area contributed by atoms with Crippen LogP contribution in [0.5, 0.6) is 5.75 Å². The van der Waals surface area contributed by atoms with E-state index >= 15 is 0 Å². The van der Waals surface area contributed by atoms with Crippen LogP contribution in [-0.2, 0) is 5.60 Å². The summed E-state index contributed by atoms with van der Waals surface area (Å²) < 4.78 is 0. The zero-order chi connectivity index (χ0) is 21.3. The number of aliphatic hydroxyl groups is 1. The van der Waals surface area contributed by atoms with Gasteiger partial charge >= 0.3 is 0 Å². The Hall–Kier alpha value is -1.10. The lowest BCUT2D eigenvalue weighted by atomic mass is 9.75. The number of thiophene rings is 2. The van der Waals surface area contributed by atoms with Gasteiger partial charge in [0.25, 0.3) is 0 Å². The van der Waals surface area contributed by atoms with Crippen molar-refractivity contribution in [3.8, 4) is 15.5 Å². The molecular formula is C25H38O2S2. The molecule has 0 saturated carbocycles. The number of hydrogen-bond donors (Lipinski definition) is 2. The van der Waals surface area contributed by atoms with Gasteiger partial charge in [-0.05, 0) is 60.4 Å². The Bertz CT molecular complexity index is 733. The van der Waals surface area contributed by atoms with Crippen molar-refractivity contribution < 1.29 is 10.2 Å². The summed E-state index contributed by atoms with van der Waals surface area (Å²) in [6.07, 6.45) is 11.3. The molecule has 2 rings (SSSR count). The topological polar surface area (TPSA) is 40.5 Å². The van der Waals surface area contributed by atoms with E-state index in [9.17, 15) is 10.2 Å². The fourth-order valence-corrected chi connectivity index (χ4v) is 6.29. The normalized spacial score (nSPS) is 15.7. The lowest BCUT2D eigenvalue weighted by molar-refractivity contribution is -0.0149. The van der Waals surface area contributed by atoms with Gasteiger partial charge in [-0.25, -0.2) is 0 Å². The van der Waals surface area contributed by atoms with E-state index in [1.165, 1.54) is 19.3 Å². The maximum Gasteiger partial charge on any atom is 0.135 e. The van der Waals surface area contributed by atoms with Crippen molar-refractivity contribution in [2.24, 2.45) is 11.8 Å². The largest absolute Gasteiger partial charge is 0.506 e. The third-order valence-corrected chi connectivity index (χ3v) is 8.15. The van der Waals surface area contributed by atoms with Crippen LogP contribution in [0.4, 0.5) is 0 Å². The molecular weight excluding hydrogens is 396 g/mol. The third kappa shape index (κ3) is 6.44. The Kier molecular flexibility index (Phi) is 9.94. The van der Waals surface area contributed by atoms with Crippen molar-refractivity contribution >= 4 is 22.7 Å². The minimum Gasteiger partial charge on any atom is -0.506 e. The molecule has 162 valence electrons. The molecule has 0 aliphatic rings. The van der Waals surface area contributed by atoms with Crippen molar-refractivity contribution in [3.63, 3.8) is 0 Å². The van der Waals surface area contributed by atoms with Crippen LogP contribution in [0.2, 0.25) is 0 Å². The molecule has 0 amide bonds. The SMILES string of the molecule is C=CCCC(CC)CC(O)(CC(CC)CCCC)c1ccsc1-c1sccc1O. The second kappa shape index (κ2) is 11.9. The average molecular weight is 435 g/mol. The Morgan fingerprint density at radius 2 is 1.62 bits per heavy atom. The van der Waals surface area contributed by atoms with Crippen LogP contribution in [0.15, 0.2) is 35.5 Å². The van der Waals surface area contributed by atoms with E-state index in [1.54, 1.807) is 28.7 Å². The summed E-state index contributed by atoms with van der Waals surface area (Å²) in [4.78, 5) is 1.91. The number of hydrogen-bond acceptors (Lipinski definition) is 4. The first-order valence-corrected chi connectivity index (χ1v) is 12.9. The molecule has 0 saturated heterocycles. The monoisotopic (exact) mass is 434 g/mol. The molecule has 0 radical (unpaired) electrons. The summed E-state index contributed by atoms with van der Waals surface area (Å²) in [6, 6.07) is 3.84. The third-order valence-electron chi connectivity index (χ3n) is 6.17. The summed E-state index contributed by atoms with van der Waals surface area (Å²) in [5.41, 5.74) is 0.148. The van der Waals surface area contributed by atoms with Crippen molar-refractivity contribution in [1.82, 2.24) is 0 Å². The Morgan fingerprint density at radius 3 is 2.17 bits per heavy atom. The summed E-state index contributed by atoms with van der Waals surface area (Å²) in [5, 5.41) is 26.5. The second-order valence-corrected chi connectivity index (χ2v) is 10.1. The molecule has 0 aliphatic heterocycles. The zero-order valence-corrected chi connectivity index (χ0v) is 20.0. The highest BCUT2D eigenvalue weighted by Gasteiger charge is 2.37. The molecule has 2 aromatic heterocycles. The van der Waals surface area contributed by atoms with Gasteiger partial charge in [0.05, 0.1) is 15.4 Å². The zero-order valence-electron chi connectivity index (χ0n) is 18.3. The lowest BCUT2D eigenvalue weighted by Gasteiger charge is -2.35. The van der Waals surface area contributed by atoms with Gasteiger partial charge in [-0.1, -0.05) is 59.0 Å². The van der Waals surface area contributed by atoms with Crippen LogP contribution in [0, 0.1) is 11.8 Å². The van der Waals surface area contributed by atoms with E-state index in [4.69, 9.17) is 0 Å². The van der Waals surface area contributed by atoms with E-state index in [0.29, 0.717) is 17.6 Å². The van der Waals surface area contributed by atoms with Crippen molar-refractivity contribution in [2.75, 3.05) is 0 Å². The van der Waals surface area contributed by atoms with Crippen LogP contribution >= 0.6 is 22.7 Å². The van der Waals surface area contributed by atoms with Crippen LogP contribution < -0.4 is 0 Å². The predicted molar refractivity (Wildman–Crippen MR) is 129 cm³/mol. The van der Waals surface area contributed by atoms with E-state index in [-0.39, 0.29) is 0 Å². The smallest absolute Gasteiger partial charge is 0.135 e. The van der Waals surface area contributed by atoms with Crippen molar-refractivity contribution in [1.29, 1.82) is 0 Å². The molecule has 0 bridgehead atoms. The molecule has 0 spiro atoms. The van der Waals surface area contributed by atoms with Gasteiger partial charge in [-0.15, -0.1) is 29.3 Å². The molecule has 2 nitrogen and oxygen atoms in total. The van der Waals surface area contributed by atoms with Gasteiger partial charge in [-0.2, -0.15) is 0 Å². The van der Waals surface area contributed by atoms with Crippen LogP contribution in [0.1, 0.15) is 84.1 Å². The molecule has 0 fully saturated rings. The first kappa shape index (κ1) is 24.2. The maximum absolute atomic E-state index is 12.1. The number of allylic oxidation sites excluding steroid dienone is 1. The Morgan fingerprint density at radius 1 is 1.00 bits per heavy atom. The highest BCUT2D eigenvalue weighted by atomic mass is 32.1. The highest BCUT2D eigenvalue weighted by Crippen LogP contribution is 2.48. The number of unbranched alkanes of at least 4 members (excludes halogenated alkanes) is 1. The van der Waals surface area contributed by atoms with E-state index in [1.807, 2.05) is 11.5 Å². The van der Waals surface area contributed by atoms with Gasteiger partial charge in [-0.3, -0.25) is 0 Å². The Balaban J connectivity index is 2.40. The standard InChI is InChI=1S/C25H38O2S2/c1-5-9-11-19(7-3)17-25(27,18-20(8-4)12-10-6-2)21-13-15-28-23(21)24-22(26)14-16-29-24/h5,13-16,19-20,26-27H,1,6-12,17-18H2,2-4H3. The van der Waals surface area contributed by atoms with Gasteiger partial charge in [0.15, 0.2) is 0 Å². The maximum atomic E-state index is 12.1. The van der Waals surface area contributed by atoms with Crippen LogP contribution in [0.25, 0.3) is 9.75 Å². The molecule has 29 heavy (non-hydrogen) atoms. The summed E-state index contributed by atoms with van der Waals surface area (Å²) in [5.74, 6) is 1.30. The summed E-state index contributed by atoms with van der Waals surface area (Å²) in [7, 11) is 0. The molecule has 2 N–H and O–H groups in total. The van der Waals surface area contributed by atoms with Gasteiger partial charge in [0.2, 0.25) is 0 Å². The molecule has 3 atom stereocenters. The second-order valence-electron chi connectivity index (χ2n) is 8.29. The molecule has 0 aliphatic carbocycles. The number of rotatable bonds is 14. The van der Waals surface area contributed by atoms with Gasteiger partial charge in [0.1, 0.15) is 5.75 Å². The van der Waals surface area contributed by atoms with E-state index in [2.05, 4.69) is 38.8 Å². The Labute approximate surface area is 185 Å². The van der Waals surface area contributed by atoms with Crippen LogP contribution in [-0.4, -0.2) is 10.2 Å². The molecule has 2 aromatic rings. The molecule has 0 aromatic carbocycles. The molecule has 4 heteroatoms. The number of aromatic hydroxyl groups is 1. The van der Waals surface area contributed by atoms with Gasteiger partial charge in [0, 0.05) is 5.56 Å². The first-order valence-electron chi connectivity index (χ1n) is 11.2. The minimum absolute atomic E-state index is 0.317. The van der Waals surface area contributed by atoms with Crippen molar-refractivity contribution in [3.05, 3.63) is 41.1 Å². The van der Waals surface area contributed by atoms with E-state index < -0.39 is 5.60 Å². The highest BCUT2D eigenvalue weighted by molar-refractivity contribution is 7.20. The summed E-state index contributed by atoms with van der Waals surface area (Å²) in [6.45, 7) is 10.6.